The third-order valence-corrected chi connectivity index (χ3v) is 6.21. The normalized spacial score (nSPS) is 20.2. The fourth-order valence-electron chi connectivity index (χ4n) is 4.45. The number of benzene rings is 1. The van der Waals surface area contributed by atoms with Gasteiger partial charge in [0.1, 0.15) is 17.3 Å². The van der Waals surface area contributed by atoms with Gasteiger partial charge in [-0.25, -0.2) is 9.88 Å². The quantitative estimate of drug-likeness (QED) is 0.617. The number of aromatic amines is 1. The van der Waals surface area contributed by atoms with Gasteiger partial charge in [-0.3, -0.25) is 24.6 Å². The number of piperidine rings is 1. The maximum Gasteiger partial charge on any atom is 0.251 e. The van der Waals surface area contributed by atoms with Gasteiger partial charge >= 0.3 is 0 Å². The molecule has 0 unspecified atom stereocenters. The Bertz CT molecular complexity index is 1110. The lowest BCUT2D eigenvalue weighted by Gasteiger charge is -2.33. The molecule has 0 spiro atoms. The van der Waals surface area contributed by atoms with Crippen molar-refractivity contribution < 1.29 is 14.3 Å². The smallest absolute Gasteiger partial charge is 0.251 e. The SMILES string of the molecule is COc1ccc(N2C(=O)C[C@H](N3CCC(c4nc(-c5ccccn5)n[nH]4)CC3)C2=O)cc1. The molecule has 1 atom stereocenters. The van der Waals surface area contributed by atoms with Crippen molar-refractivity contribution in [1.29, 1.82) is 0 Å². The van der Waals surface area contributed by atoms with E-state index < -0.39 is 6.04 Å². The number of H-pyrrole nitrogens is 1. The van der Waals surface area contributed by atoms with Crippen LogP contribution in [0.15, 0.2) is 48.7 Å². The van der Waals surface area contributed by atoms with E-state index >= 15 is 0 Å². The predicted octanol–water partition coefficient (Wildman–Crippen LogP) is 2.39. The zero-order chi connectivity index (χ0) is 22.1. The number of aromatic nitrogens is 4. The summed E-state index contributed by atoms with van der Waals surface area (Å²) in [5.74, 6) is 2.04. The van der Waals surface area contributed by atoms with Crippen LogP contribution in [0, 0.1) is 0 Å². The van der Waals surface area contributed by atoms with Gasteiger partial charge in [-0.15, -0.1) is 0 Å². The second-order valence-electron chi connectivity index (χ2n) is 8.05. The molecule has 0 saturated carbocycles. The summed E-state index contributed by atoms with van der Waals surface area (Å²) < 4.78 is 5.16. The van der Waals surface area contributed by atoms with Gasteiger partial charge in [0, 0.05) is 12.1 Å². The summed E-state index contributed by atoms with van der Waals surface area (Å²) in [6, 6.07) is 12.2. The summed E-state index contributed by atoms with van der Waals surface area (Å²) >= 11 is 0. The third kappa shape index (κ3) is 3.75. The number of pyridine rings is 1. The molecular weight excluding hydrogens is 408 g/mol. The first-order chi connectivity index (χ1) is 15.6. The number of rotatable bonds is 5. The third-order valence-electron chi connectivity index (χ3n) is 6.21. The first kappa shape index (κ1) is 20.3. The average molecular weight is 432 g/mol. The van der Waals surface area contributed by atoms with Crippen molar-refractivity contribution in [1.82, 2.24) is 25.1 Å². The van der Waals surface area contributed by atoms with Crippen LogP contribution in [0.3, 0.4) is 0 Å². The molecule has 2 aliphatic rings. The van der Waals surface area contributed by atoms with E-state index in [4.69, 9.17) is 4.74 Å². The first-order valence-electron chi connectivity index (χ1n) is 10.7. The van der Waals surface area contributed by atoms with E-state index in [0.29, 0.717) is 17.3 Å². The number of anilines is 1. The number of imide groups is 1. The molecule has 164 valence electrons. The van der Waals surface area contributed by atoms with Crippen LogP contribution < -0.4 is 9.64 Å². The number of amides is 2. The standard InChI is InChI=1S/C23H24N6O3/c1-32-17-7-5-16(6-8-17)29-20(30)14-19(23(29)31)28-12-9-15(10-13-28)21-25-22(27-26-21)18-4-2-3-11-24-18/h2-8,11,15,19H,9-10,12-14H2,1H3,(H,25,26,27)/t19-/m0/s1. The predicted molar refractivity (Wildman–Crippen MR) is 117 cm³/mol. The molecule has 1 aromatic carbocycles. The number of carbonyl (C=O) groups excluding carboxylic acids is 2. The summed E-state index contributed by atoms with van der Waals surface area (Å²) in [4.78, 5) is 38.1. The lowest BCUT2D eigenvalue weighted by atomic mass is 9.95. The maximum absolute atomic E-state index is 13.1. The Morgan fingerprint density at radius 3 is 2.53 bits per heavy atom. The number of methoxy groups -OCH3 is 1. The van der Waals surface area contributed by atoms with Crippen LogP contribution in [0.4, 0.5) is 5.69 Å². The van der Waals surface area contributed by atoms with Gasteiger partial charge in [0.2, 0.25) is 5.91 Å². The van der Waals surface area contributed by atoms with E-state index in [0.717, 1.165) is 37.4 Å². The molecule has 2 saturated heterocycles. The van der Waals surface area contributed by atoms with Crippen molar-refractivity contribution >= 4 is 17.5 Å². The molecule has 0 radical (unpaired) electrons. The van der Waals surface area contributed by atoms with Gasteiger partial charge in [0.05, 0.1) is 25.3 Å². The van der Waals surface area contributed by atoms with Crippen LogP contribution in [-0.4, -0.2) is 63.1 Å². The van der Waals surface area contributed by atoms with E-state index in [1.807, 2.05) is 18.2 Å². The maximum atomic E-state index is 13.1. The molecule has 2 fully saturated rings. The molecule has 5 rings (SSSR count). The lowest BCUT2D eigenvalue weighted by Crippen LogP contribution is -2.45. The van der Waals surface area contributed by atoms with Gasteiger partial charge in [0.25, 0.3) is 5.91 Å². The Balaban J connectivity index is 1.23. The monoisotopic (exact) mass is 432 g/mol. The van der Waals surface area contributed by atoms with Gasteiger partial charge in [0.15, 0.2) is 5.82 Å². The summed E-state index contributed by atoms with van der Waals surface area (Å²) in [7, 11) is 1.58. The lowest BCUT2D eigenvalue weighted by molar-refractivity contribution is -0.123. The highest BCUT2D eigenvalue weighted by atomic mass is 16.5. The van der Waals surface area contributed by atoms with Crippen molar-refractivity contribution in [2.24, 2.45) is 0 Å². The van der Waals surface area contributed by atoms with Crippen LogP contribution in [-0.2, 0) is 9.59 Å². The van der Waals surface area contributed by atoms with Gasteiger partial charge < -0.3 is 4.74 Å². The number of carbonyl (C=O) groups is 2. The van der Waals surface area contributed by atoms with Crippen LogP contribution in [0.5, 0.6) is 5.75 Å². The second-order valence-corrected chi connectivity index (χ2v) is 8.05. The second kappa shape index (κ2) is 8.51. The molecule has 9 heteroatoms. The Labute approximate surface area is 185 Å². The Morgan fingerprint density at radius 1 is 1.06 bits per heavy atom. The van der Waals surface area contributed by atoms with Gasteiger partial charge in [-0.1, -0.05) is 6.07 Å². The molecule has 2 amide bonds. The molecule has 2 aliphatic heterocycles. The van der Waals surface area contributed by atoms with Crippen molar-refractivity contribution in [3.63, 3.8) is 0 Å². The molecule has 3 aromatic rings. The highest BCUT2D eigenvalue weighted by molar-refractivity contribution is 6.22. The van der Waals surface area contributed by atoms with E-state index in [1.165, 1.54) is 4.90 Å². The molecule has 0 bridgehead atoms. The van der Waals surface area contributed by atoms with E-state index in [-0.39, 0.29) is 24.2 Å². The largest absolute Gasteiger partial charge is 0.497 e. The number of likely N-dealkylation sites (tertiary alicyclic amines) is 1. The number of hydrogen-bond donors (Lipinski definition) is 1. The van der Waals surface area contributed by atoms with E-state index in [9.17, 15) is 9.59 Å². The zero-order valence-electron chi connectivity index (χ0n) is 17.8. The fraction of sp³-hybridized carbons (Fsp3) is 0.348. The molecule has 2 aromatic heterocycles. The Kier molecular flexibility index (Phi) is 5.40. The summed E-state index contributed by atoms with van der Waals surface area (Å²) in [5, 5.41) is 7.36. The van der Waals surface area contributed by atoms with Gasteiger partial charge in [-0.2, -0.15) is 5.10 Å². The first-order valence-corrected chi connectivity index (χ1v) is 10.7. The molecule has 1 N–H and O–H groups in total. The van der Waals surface area contributed by atoms with Crippen molar-refractivity contribution in [3.8, 4) is 17.3 Å². The fourth-order valence-corrected chi connectivity index (χ4v) is 4.45. The minimum atomic E-state index is -0.413. The minimum absolute atomic E-state index is 0.157. The molecular formula is C23H24N6O3. The van der Waals surface area contributed by atoms with Crippen molar-refractivity contribution in [2.45, 2.75) is 31.2 Å². The summed E-state index contributed by atoms with van der Waals surface area (Å²) in [6.45, 7) is 1.45. The van der Waals surface area contributed by atoms with Gasteiger partial charge in [-0.05, 0) is 62.3 Å². The van der Waals surface area contributed by atoms with Crippen molar-refractivity contribution in [3.05, 3.63) is 54.5 Å². The zero-order valence-corrected chi connectivity index (χ0v) is 17.8. The van der Waals surface area contributed by atoms with Crippen LogP contribution in [0.2, 0.25) is 0 Å². The number of nitrogens with zero attached hydrogens (tertiary/aromatic N) is 5. The van der Waals surface area contributed by atoms with Crippen LogP contribution >= 0.6 is 0 Å². The Morgan fingerprint density at radius 2 is 1.84 bits per heavy atom. The van der Waals surface area contributed by atoms with E-state index in [1.54, 1.807) is 37.6 Å². The highest BCUT2D eigenvalue weighted by Crippen LogP contribution is 2.32. The minimum Gasteiger partial charge on any atom is -0.497 e. The number of nitrogens with one attached hydrogen (secondary N) is 1. The number of ether oxygens (including phenoxy) is 1. The molecule has 0 aliphatic carbocycles. The molecule has 4 heterocycles. The van der Waals surface area contributed by atoms with Crippen molar-refractivity contribution in [2.75, 3.05) is 25.1 Å². The highest BCUT2D eigenvalue weighted by Gasteiger charge is 2.43. The van der Waals surface area contributed by atoms with Crippen LogP contribution in [0.1, 0.15) is 31.0 Å². The number of hydrogen-bond acceptors (Lipinski definition) is 7. The summed E-state index contributed by atoms with van der Waals surface area (Å²) in [6.07, 6.45) is 3.62. The van der Waals surface area contributed by atoms with E-state index in [2.05, 4.69) is 25.1 Å². The summed E-state index contributed by atoms with van der Waals surface area (Å²) in [5.41, 5.74) is 1.32. The Hall–Kier alpha value is -3.59. The molecule has 9 nitrogen and oxygen atoms in total. The molecule has 32 heavy (non-hydrogen) atoms. The van der Waals surface area contributed by atoms with Crippen LogP contribution in [0.25, 0.3) is 11.5 Å². The topological polar surface area (TPSA) is 104 Å². The average Bonchev–Trinajstić information content (AvgIpc) is 3.45.